The highest BCUT2D eigenvalue weighted by atomic mass is 14.9. The topological polar surface area (TPSA) is 12.0 Å². The van der Waals surface area contributed by atoms with E-state index >= 15 is 0 Å². The van der Waals surface area contributed by atoms with Crippen LogP contribution in [0, 0.1) is 5.92 Å². The monoisotopic (exact) mass is 271 g/mol. The minimum atomic E-state index is 0.845. The van der Waals surface area contributed by atoms with Gasteiger partial charge >= 0.3 is 0 Å². The molecule has 1 aromatic rings. The molecule has 0 heterocycles. The van der Waals surface area contributed by atoms with Crippen LogP contribution in [0.2, 0.25) is 0 Å². The van der Waals surface area contributed by atoms with Gasteiger partial charge in [-0.05, 0) is 86.9 Å². The molecule has 1 fully saturated rings. The fourth-order valence-electron chi connectivity index (χ4n) is 3.32. The van der Waals surface area contributed by atoms with Crippen LogP contribution in [0.4, 0.5) is 0 Å². The predicted octanol–water partition coefficient (Wildman–Crippen LogP) is 4.28. The number of hydrogen-bond acceptors (Lipinski definition) is 1. The molecule has 20 heavy (non-hydrogen) atoms. The van der Waals surface area contributed by atoms with E-state index in [-0.39, 0.29) is 0 Å². The zero-order valence-electron chi connectivity index (χ0n) is 13.0. The molecule has 1 N–H and O–H groups in total. The quantitative estimate of drug-likeness (QED) is 0.780. The standard InChI is InChI=1S/C19H29N/c1-15(12-13-20-19-10-11-19)6-7-16-8-9-17-4-2-3-5-18(17)14-16/h8-9,14-15,19-20H,2-7,10-13H2,1H3. The molecule has 2 aliphatic rings. The van der Waals surface area contributed by atoms with Crippen LogP contribution in [-0.4, -0.2) is 12.6 Å². The van der Waals surface area contributed by atoms with Crippen LogP contribution in [0.3, 0.4) is 0 Å². The summed E-state index contributed by atoms with van der Waals surface area (Å²) in [5.41, 5.74) is 4.81. The molecule has 1 saturated carbocycles. The molecule has 1 atom stereocenters. The number of fused-ring (bicyclic) bond motifs is 1. The molecule has 2 aliphatic carbocycles. The van der Waals surface area contributed by atoms with Gasteiger partial charge in [-0.2, -0.15) is 0 Å². The van der Waals surface area contributed by atoms with E-state index in [0.29, 0.717) is 0 Å². The lowest BCUT2D eigenvalue weighted by molar-refractivity contribution is 0.469. The lowest BCUT2D eigenvalue weighted by Gasteiger charge is -2.17. The van der Waals surface area contributed by atoms with E-state index in [1.807, 2.05) is 0 Å². The Labute approximate surface area is 124 Å². The Hall–Kier alpha value is -0.820. The van der Waals surface area contributed by atoms with E-state index in [4.69, 9.17) is 0 Å². The zero-order chi connectivity index (χ0) is 13.8. The van der Waals surface area contributed by atoms with Crippen molar-refractivity contribution in [2.45, 2.75) is 70.8 Å². The lowest BCUT2D eigenvalue weighted by atomic mass is 9.89. The van der Waals surface area contributed by atoms with Gasteiger partial charge in [-0.3, -0.25) is 0 Å². The Morgan fingerprint density at radius 3 is 2.70 bits per heavy atom. The third kappa shape index (κ3) is 4.09. The summed E-state index contributed by atoms with van der Waals surface area (Å²) in [5.74, 6) is 0.845. The first-order valence-electron chi connectivity index (χ1n) is 8.65. The summed E-state index contributed by atoms with van der Waals surface area (Å²) in [6.45, 7) is 3.63. The molecule has 0 amide bonds. The van der Waals surface area contributed by atoms with Crippen LogP contribution >= 0.6 is 0 Å². The average molecular weight is 271 g/mol. The number of hydrogen-bond donors (Lipinski definition) is 1. The molecule has 3 rings (SSSR count). The van der Waals surface area contributed by atoms with Gasteiger partial charge in [-0.25, -0.2) is 0 Å². The van der Waals surface area contributed by atoms with E-state index in [2.05, 4.69) is 30.4 Å². The number of aryl methyl sites for hydroxylation is 3. The highest BCUT2D eigenvalue weighted by Crippen LogP contribution is 2.24. The second-order valence-electron chi connectivity index (χ2n) is 6.97. The van der Waals surface area contributed by atoms with Gasteiger partial charge in [0.05, 0.1) is 0 Å². The van der Waals surface area contributed by atoms with Crippen LogP contribution in [-0.2, 0) is 19.3 Å². The number of nitrogens with one attached hydrogen (secondary N) is 1. The largest absolute Gasteiger partial charge is 0.314 e. The summed E-state index contributed by atoms with van der Waals surface area (Å²) >= 11 is 0. The van der Waals surface area contributed by atoms with Crippen molar-refractivity contribution in [2.24, 2.45) is 5.92 Å². The molecule has 1 unspecified atom stereocenters. The SMILES string of the molecule is CC(CCNC1CC1)CCc1ccc2c(c1)CCCC2. The molecule has 1 aromatic carbocycles. The van der Waals surface area contributed by atoms with Crippen molar-refractivity contribution in [1.82, 2.24) is 5.32 Å². The molecule has 0 spiro atoms. The van der Waals surface area contributed by atoms with Crippen LogP contribution in [0.1, 0.15) is 62.1 Å². The lowest BCUT2D eigenvalue weighted by Crippen LogP contribution is -2.19. The molecule has 1 nitrogen and oxygen atoms in total. The summed E-state index contributed by atoms with van der Waals surface area (Å²) in [5, 5.41) is 3.63. The molecule has 110 valence electrons. The Morgan fingerprint density at radius 1 is 1.10 bits per heavy atom. The van der Waals surface area contributed by atoms with E-state index in [9.17, 15) is 0 Å². The average Bonchev–Trinajstić information content (AvgIpc) is 3.29. The molecule has 1 heteroatoms. The highest BCUT2D eigenvalue weighted by Gasteiger charge is 2.19. The van der Waals surface area contributed by atoms with E-state index in [0.717, 1.165) is 12.0 Å². The molecular weight excluding hydrogens is 242 g/mol. The van der Waals surface area contributed by atoms with Gasteiger partial charge in [0.1, 0.15) is 0 Å². The second kappa shape index (κ2) is 6.76. The van der Waals surface area contributed by atoms with Crippen molar-refractivity contribution >= 4 is 0 Å². The Balaban J connectivity index is 1.42. The first kappa shape index (κ1) is 14.1. The maximum Gasteiger partial charge on any atom is 0.00682 e. The van der Waals surface area contributed by atoms with E-state index < -0.39 is 0 Å². The molecule has 0 aromatic heterocycles. The molecule has 0 bridgehead atoms. The molecule has 0 radical (unpaired) electrons. The third-order valence-electron chi connectivity index (χ3n) is 4.99. The zero-order valence-corrected chi connectivity index (χ0v) is 13.0. The van der Waals surface area contributed by atoms with Crippen molar-refractivity contribution in [3.05, 3.63) is 34.9 Å². The summed E-state index contributed by atoms with van der Waals surface area (Å²) in [7, 11) is 0. The summed E-state index contributed by atoms with van der Waals surface area (Å²) < 4.78 is 0. The predicted molar refractivity (Wildman–Crippen MR) is 86.2 cm³/mol. The van der Waals surface area contributed by atoms with Crippen molar-refractivity contribution in [3.8, 4) is 0 Å². The minimum Gasteiger partial charge on any atom is -0.314 e. The van der Waals surface area contributed by atoms with Crippen molar-refractivity contribution in [1.29, 1.82) is 0 Å². The van der Waals surface area contributed by atoms with Crippen molar-refractivity contribution < 1.29 is 0 Å². The smallest absolute Gasteiger partial charge is 0.00682 e. The number of benzene rings is 1. The summed E-state index contributed by atoms with van der Waals surface area (Å²) in [6, 6.07) is 8.12. The molecule has 0 aliphatic heterocycles. The first-order valence-corrected chi connectivity index (χ1v) is 8.65. The van der Waals surface area contributed by atoms with E-state index in [1.165, 1.54) is 64.3 Å². The Kier molecular flexibility index (Phi) is 4.77. The molecular formula is C19H29N. The van der Waals surface area contributed by atoms with Crippen molar-refractivity contribution in [2.75, 3.05) is 6.54 Å². The van der Waals surface area contributed by atoms with Crippen molar-refractivity contribution in [3.63, 3.8) is 0 Å². The summed E-state index contributed by atoms with van der Waals surface area (Å²) in [6.07, 6.45) is 12.1. The second-order valence-corrected chi connectivity index (χ2v) is 6.97. The number of rotatable bonds is 7. The van der Waals surface area contributed by atoms with Gasteiger partial charge in [-0.15, -0.1) is 0 Å². The third-order valence-corrected chi connectivity index (χ3v) is 4.99. The van der Waals surface area contributed by atoms with Crippen LogP contribution in [0.15, 0.2) is 18.2 Å². The maximum atomic E-state index is 3.63. The maximum absolute atomic E-state index is 3.63. The van der Waals surface area contributed by atoms with Gasteiger partial charge in [0.2, 0.25) is 0 Å². The van der Waals surface area contributed by atoms with Crippen LogP contribution < -0.4 is 5.32 Å². The van der Waals surface area contributed by atoms with Gasteiger partial charge < -0.3 is 5.32 Å². The minimum absolute atomic E-state index is 0.845. The van der Waals surface area contributed by atoms with Crippen LogP contribution in [0.25, 0.3) is 0 Å². The van der Waals surface area contributed by atoms with Gasteiger partial charge in [0.25, 0.3) is 0 Å². The Morgan fingerprint density at radius 2 is 1.90 bits per heavy atom. The highest BCUT2D eigenvalue weighted by molar-refractivity contribution is 5.33. The molecule has 0 saturated heterocycles. The van der Waals surface area contributed by atoms with Crippen LogP contribution in [0.5, 0.6) is 0 Å². The Bertz CT molecular complexity index is 433. The van der Waals surface area contributed by atoms with Gasteiger partial charge in [-0.1, -0.05) is 25.1 Å². The summed E-state index contributed by atoms with van der Waals surface area (Å²) in [4.78, 5) is 0. The fraction of sp³-hybridized carbons (Fsp3) is 0.684. The first-order chi connectivity index (χ1) is 9.81. The fourth-order valence-corrected chi connectivity index (χ4v) is 3.32. The normalized spacial score (nSPS) is 19.6. The van der Waals surface area contributed by atoms with Gasteiger partial charge in [0.15, 0.2) is 0 Å². The van der Waals surface area contributed by atoms with E-state index in [1.54, 1.807) is 16.7 Å². The van der Waals surface area contributed by atoms with Gasteiger partial charge in [0, 0.05) is 6.04 Å².